The number of allylic oxidation sites excluding steroid dienone is 1. The number of fused-ring (bicyclic) bond motifs is 3. The van der Waals surface area contributed by atoms with E-state index in [2.05, 4.69) is 40.9 Å². The van der Waals surface area contributed by atoms with Crippen molar-refractivity contribution >= 4 is 21.6 Å². The zero-order valence-corrected chi connectivity index (χ0v) is 23.7. The Kier molecular flexibility index (Phi) is 9.69. The summed E-state index contributed by atoms with van der Waals surface area (Å²) in [7, 11) is -2.40. The van der Waals surface area contributed by atoms with Gasteiger partial charge in [0.2, 0.25) is 10.0 Å². The Labute approximate surface area is 232 Å². The summed E-state index contributed by atoms with van der Waals surface area (Å²) < 4.78 is 45.7. The first-order chi connectivity index (χ1) is 18.8. The van der Waals surface area contributed by atoms with Crippen LogP contribution >= 0.6 is 0 Å². The van der Waals surface area contributed by atoms with Crippen LogP contribution in [0.4, 0.5) is 5.69 Å². The summed E-state index contributed by atoms with van der Waals surface area (Å²) in [5.74, 6) is -0.256. The number of nitrogens with one attached hydrogen (secondary N) is 2. The standard InChI is InChI=1S/C30H40N2O6S/c1-4-8-22(2)28(14-16-37-18-17-36-3)39(34,35)32-29(33)24-12-13-27-26(19-24)31-20-30(21-38-27)15-7-10-23-9-5-6-11-25(23)30/h4-6,9,11-13,19,22,28,31H,1,7-8,10,14-18,20-21H2,2-3H3,(H,32,33)/t22-,28+,30?/m0/s1. The number of amides is 1. The van der Waals surface area contributed by atoms with Crippen molar-refractivity contribution < 1.29 is 27.4 Å². The molecule has 1 heterocycles. The lowest BCUT2D eigenvalue weighted by atomic mass is 9.70. The highest BCUT2D eigenvalue weighted by atomic mass is 32.2. The molecule has 0 aromatic heterocycles. The molecule has 0 saturated heterocycles. The molecule has 9 heteroatoms. The summed E-state index contributed by atoms with van der Waals surface area (Å²) in [5, 5.41) is 2.69. The topological polar surface area (TPSA) is 103 Å². The van der Waals surface area contributed by atoms with Gasteiger partial charge >= 0.3 is 0 Å². The fourth-order valence-corrected chi connectivity index (χ4v) is 7.33. The minimum atomic E-state index is -3.98. The van der Waals surface area contributed by atoms with Crippen LogP contribution in [0.3, 0.4) is 0 Å². The fraction of sp³-hybridized carbons (Fsp3) is 0.500. The second-order valence-corrected chi connectivity index (χ2v) is 12.5. The van der Waals surface area contributed by atoms with Crippen LogP contribution in [0.25, 0.3) is 0 Å². The number of hydrogen-bond acceptors (Lipinski definition) is 7. The summed E-state index contributed by atoms with van der Waals surface area (Å²) in [6, 6.07) is 13.5. The predicted molar refractivity (Wildman–Crippen MR) is 153 cm³/mol. The monoisotopic (exact) mass is 556 g/mol. The van der Waals surface area contributed by atoms with Gasteiger partial charge in [-0.05, 0) is 67.3 Å². The van der Waals surface area contributed by atoms with E-state index in [0.717, 1.165) is 19.3 Å². The molecule has 2 N–H and O–H groups in total. The Morgan fingerprint density at radius 1 is 1.23 bits per heavy atom. The quantitative estimate of drug-likeness (QED) is 0.294. The minimum absolute atomic E-state index is 0.153. The van der Waals surface area contributed by atoms with Gasteiger partial charge in [-0.1, -0.05) is 37.3 Å². The zero-order chi connectivity index (χ0) is 27.9. The van der Waals surface area contributed by atoms with E-state index in [0.29, 0.717) is 44.2 Å². The molecule has 39 heavy (non-hydrogen) atoms. The van der Waals surface area contributed by atoms with Crippen LogP contribution in [0.5, 0.6) is 5.75 Å². The summed E-state index contributed by atoms with van der Waals surface area (Å²) >= 11 is 0. The molecule has 1 spiro atoms. The molecule has 0 bridgehead atoms. The van der Waals surface area contributed by atoms with Gasteiger partial charge in [0.05, 0.1) is 30.8 Å². The van der Waals surface area contributed by atoms with Crippen molar-refractivity contribution in [2.75, 3.05) is 45.4 Å². The van der Waals surface area contributed by atoms with E-state index in [1.165, 1.54) is 11.1 Å². The highest BCUT2D eigenvalue weighted by Gasteiger charge is 2.39. The van der Waals surface area contributed by atoms with Gasteiger partial charge in [-0.2, -0.15) is 0 Å². The molecule has 4 rings (SSSR count). The number of anilines is 1. The predicted octanol–water partition coefficient (Wildman–Crippen LogP) is 4.46. The van der Waals surface area contributed by atoms with Crippen LogP contribution in [0.15, 0.2) is 55.1 Å². The maximum absolute atomic E-state index is 13.3. The van der Waals surface area contributed by atoms with Gasteiger partial charge in [-0.15, -0.1) is 6.58 Å². The smallest absolute Gasteiger partial charge is 0.264 e. The highest BCUT2D eigenvalue weighted by molar-refractivity contribution is 7.90. The first-order valence-corrected chi connectivity index (χ1v) is 15.2. The van der Waals surface area contributed by atoms with E-state index < -0.39 is 21.2 Å². The number of hydrogen-bond donors (Lipinski definition) is 2. The molecule has 0 radical (unpaired) electrons. The Balaban J connectivity index is 1.47. The van der Waals surface area contributed by atoms with Gasteiger partial charge in [-0.25, -0.2) is 13.1 Å². The lowest BCUT2D eigenvalue weighted by Gasteiger charge is -2.37. The maximum atomic E-state index is 13.3. The van der Waals surface area contributed by atoms with E-state index in [1.807, 2.05) is 6.92 Å². The van der Waals surface area contributed by atoms with Gasteiger partial charge in [0.15, 0.2) is 0 Å². The molecule has 3 atom stereocenters. The van der Waals surface area contributed by atoms with Gasteiger partial charge in [-0.3, -0.25) is 4.79 Å². The third-order valence-corrected chi connectivity index (χ3v) is 9.81. The minimum Gasteiger partial charge on any atom is -0.490 e. The van der Waals surface area contributed by atoms with Crippen molar-refractivity contribution in [3.8, 4) is 5.75 Å². The first-order valence-electron chi connectivity index (χ1n) is 13.6. The van der Waals surface area contributed by atoms with Crippen LogP contribution in [0.1, 0.15) is 54.1 Å². The normalized spacial score (nSPS) is 19.9. The van der Waals surface area contributed by atoms with Crippen LogP contribution in [-0.2, 0) is 31.3 Å². The molecule has 2 aromatic rings. The molecule has 0 fully saturated rings. The molecule has 1 amide bonds. The molecule has 1 aliphatic carbocycles. The van der Waals surface area contributed by atoms with Crippen molar-refractivity contribution in [3.05, 3.63) is 71.8 Å². The maximum Gasteiger partial charge on any atom is 0.264 e. The lowest BCUT2D eigenvalue weighted by molar-refractivity contribution is 0.0677. The zero-order valence-electron chi connectivity index (χ0n) is 22.9. The Bertz CT molecular complexity index is 1260. The number of carbonyl (C=O) groups is 1. The van der Waals surface area contributed by atoms with Crippen molar-refractivity contribution in [3.63, 3.8) is 0 Å². The summed E-state index contributed by atoms with van der Waals surface area (Å²) in [6.45, 7) is 7.85. The number of aryl methyl sites for hydroxylation is 1. The van der Waals surface area contributed by atoms with E-state index in [9.17, 15) is 13.2 Å². The largest absolute Gasteiger partial charge is 0.490 e. The van der Waals surface area contributed by atoms with Crippen molar-refractivity contribution in [2.24, 2.45) is 5.92 Å². The Hall–Kier alpha value is -2.88. The highest BCUT2D eigenvalue weighted by Crippen LogP contribution is 2.41. The first kappa shape index (κ1) is 29.1. The van der Waals surface area contributed by atoms with E-state index in [-0.39, 0.29) is 29.9 Å². The summed E-state index contributed by atoms with van der Waals surface area (Å²) in [6.07, 6.45) is 5.61. The third-order valence-electron chi connectivity index (χ3n) is 7.84. The SMILES string of the molecule is C=CC[C@H](C)[C@@H](CCOCCOC)S(=O)(=O)NC(=O)c1ccc2c(c1)NCC1(CCCc3ccccc31)CO2. The fourth-order valence-electron chi connectivity index (χ4n) is 5.68. The molecule has 1 unspecified atom stereocenters. The number of rotatable bonds is 12. The molecular formula is C30H40N2O6S. The second kappa shape index (κ2) is 13.0. The lowest BCUT2D eigenvalue weighted by Crippen LogP contribution is -2.42. The van der Waals surface area contributed by atoms with Crippen molar-refractivity contribution in [2.45, 2.75) is 49.7 Å². The number of methoxy groups -OCH3 is 1. The Morgan fingerprint density at radius 2 is 2.05 bits per heavy atom. The second-order valence-electron chi connectivity index (χ2n) is 10.6. The number of benzene rings is 2. The molecule has 2 aromatic carbocycles. The average Bonchev–Trinajstić information content (AvgIpc) is 3.10. The van der Waals surface area contributed by atoms with E-state index >= 15 is 0 Å². The number of sulfonamides is 1. The van der Waals surface area contributed by atoms with E-state index in [1.54, 1.807) is 31.4 Å². The van der Waals surface area contributed by atoms with Crippen LogP contribution < -0.4 is 14.8 Å². The average molecular weight is 557 g/mol. The molecule has 8 nitrogen and oxygen atoms in total. The van der Waals surface area contributed by atoms with Crippen LogP contribution in [-0.4, -0.2) is 59.7 Å². The molecule has 1 aliphatic heterocycles. The number of carbonyl (C=O) groups excluding carboxylic acids is 1. The van der Waals surface area contributed by atoms with Crippen LogP contribution in [0.2, 0.25) is 0 Å². The third kappa shape index (κ3) is 6.83. The van der Waals surface area contributed by atoms with E-state index in [4.69, 9.17) is 14.2 Å². The van der Waals surface area contributed by atoms with Gasteiger partial charge in [0.1, 0.15) is 5.75 Å². The van der Waals surface area contributed by atoms with Gasteiger partial charge < -0.3 is 19.5 Å². The van der Waals surface area contributed by atoms with Gasteiger partial charge in [0, 0.05) is 31.2 Å². The van der Waals surface area contributed by atoms with Gasteiger partial charge in [0.25, 0.3) is 5.91 Å². The molecule has 2 aliphatic rings. The summed E-state index contributed by atoms with van der Waals surface area (Å²) in [4.78, 5) is 13.2. The van der Waals surface area contributed by atoms with Crippen LogP contribution in [0, 0.1) is 5.92 Å². The van der Waals surface area contributed by atoms with Crippen molar-refractivity contribution in [1.82, 2.24) is 4.72 Å². The summed E-state index contributed by atoms with van der Waals surface area (Å²) in [5.41, 5.74) is 3.45. The van der Waals surface area contributed by atoms with Crippen molar-refractivity contribution in [1.29, 1.82) is 0 Å². The Morgan fingerprint density at radius 3 is 2.85 bits per heavy atom. The molecular weight excluding hydrogens is 516 g/mol. The molecule has 0 saturated carbocycles. The number of ether oxygens (including phenoxy) is 3. The molecule has 212 valence electrons.